The van der Waals surface area contributed by atoms with E-state index in [2.05, 4.69) is 4.72 Å². The van der Waals surface area contributed by atoms with Crippen molar-refractivity contribution in [3.63, 3.8) is 0 Å². The molecule has 92 valence electrons. The Morgan fingerprint density at radius 1 is 1.56 bits per heavy atom. The van der Waals surface area contributed by atoms with Gasteiger partial charge < -0.3 is 5.11 Å². The van der Waals surface area contributed by atoms with Crippen LogP contribution in [0.1, 0.15) is 20.3 Å². The van der Waals surface area contributed by atoms with Gasteiger partial charge in [-0.1, -0.05) is 26.3 Å². The molecule has 0 spiro atoms. The first kappa shape index (κ1) is 13.6. The summed E-state index contributed by atoms with van der Waals surface area (Å²) in [6.45, 7) is 3.70. The van der Waals surface area contributed by atoms with Crippen LogP contribution < -0.4 is 4.72 Å². The third kappa shape index (κ3) is 3.28. The number of nitrogens with one attached hydrogen (secondary N) is 1. The fourth-order valence-corrected chi connectivity index (χ4v) is 3.64. The van der Waals surface area contributed by atoms with Gasteiger partial charge in [-0.3, -0.25) is 0 Å². The predicted molar refractivity (Wildman–Crippen MR) is 65.0 cm³/mol. The Balaban J connectivity index is 2.79. The maximum Gasteiger partial charge on any atom is 0.250 e. The molecule has 0 amide bonds. The fraction of sp³-hybridized carbons (Fsp3) is 0.600. The largest absolute Gasteiger partial charge is 0.395 e. The zero-order valence-corrected chi connectivity index (χ0v) is 11.0. The van der Waals surface area contributed by atoms with Crippen LogP contribution in [0.3, 0.4) is 0 Å². The van der Waals surface area contributed by atoms with E-state index in [0.717, 1.165) is 6.42 Å². The molecule has 0 aliphatic carbocycles. The molecule has 0 saturated heterocycles. The van der Waals surface area contributed by atoms with Crippen molar-refractivity contribution < 1.29 is 13.5 Å². The van der Waals surface area contributed by atoms with Crippen molar-refractivity contribution in [2.45, 2.75) is 30.5 Å². The molecule has 16 heavy (non-hydrogen) atoms. The summed E-state index contributed by atoms with van der Waals surface area (Å²) < 4.78 is 26.6. The van der Waals surface area contributed by atoms with E-state index >= 15 is 0 Å². The SMILES string of the molecule is CCC(C)C(CO)NS(=O)(=O)c1cccs1. The number of hydrogen-bond acceptors (Lipinski definition) is 4. The topological polar surface area (TPSA) is 66.4 Å². The van der Waals surface area contributed by atoms with Gasteiger partial charge in [0.25, 0.3) is 0 Å². The highest BCUT2D eigenvalue weighted by atomic mass is 32.2. The van der Waals surface area contributed by atoms with Crippen molar-refractivity contribution in [1.29, 1.82) is 0 Å². The normalized spacial score (nSPS) is 15.9. The number of sulfonamides is 1. The molecule has 0 aliphatic rings. The van der Waals surface area contributed by atoms with Crippen molar-refractivity contribution in [3.05, 3.63) is 17.5 Å². The second kappa shape index (κ2) is 5.77. The van der Waals surface area contributed by atoms with Crippen molar-refractivity contribution >= 4 is 21.4 Å². The van der Waals surface area contributed by atoms with E-state index in [0.29, 0.717) is 0 Å². The van der Waals surface area contributed by atoms with Crippen LogP contribution in [0.4, 0.5) is 0 Å². The summed E-state index contributed by atoms with van der Waals surface area (Å²) in [6.07, 6.45) is 0.818. The average Bonchev–Trinajstić information content (AvgIpc) is 2.78. The number of aliphatic hydroxyl groups excluding tert-OH is 1. The molecule has 1 rings (SSSR count). The van der Waals surface area contributed by atoms with Crippen LogP contribution in [0, 0.1) is 5.92 Å². The molecule has 4 nitrogen and oxygen atoms in total. The zero-order chi connectivity index (χ0) is 12.2. The summed E-state index contributed by atoms with van der Waals surface area (Å²) >= 11 is 1.17. The first-order valence-electron chi connectivity index (χ1n) is 5.18. The highest BCUT2D eigenvalue weighted by Gasteiger charge is 2.23. The minimum Gasteiger partial charge on any atom is -0.395 e. The standard InChI is InChI=1S/C10H17NO3S2/c1-3-8(2)9(7-12)11-16(13,14)10-5-4-6-15-10/h4-6,8-9,11-12H,3,7H2,1-2H3. The van der Waals surface area contributed by atoms with Gasteiger partial charge in [-0.2, -0.15) is 0 Å². The molecule has 0 aliphatic heterocycles. The van der Waals surface area contributed by atoms with Crippen molar-refractivity contribution in [2.75, 3.05) is 6.61 Å². The molecule has 0 aromatic carbocycles. The lowest BCUT2D eigenvalue weighted by Crippen LogP contribution is -2.41. The number of rotatable bonds is 6. The minimum atomic E-state index is -3.47. The lowest BCUT2D eigenvalue weighted by molar-refractivity contribution is 0.219. The third-order valence-electron chi connectivity index (χ3n) is 2.59. The second-order valence-electron chi connectivity index (χ2n) is 3.73. The van der Waals surface area contributed by atoms with E-state index in [9.17, 15) is 8.42 Å². The van der Waals surface area contributed by atoms with Gasteiger partial charge in [0.2, 0.25) is 10.0 Å². The van der Waals surface area contributed by atoms with Gasteiger partial charge in [0.15, 0.2) is 0 Å². The van der Waals surface area contributed by atoms with Crippen LogP contribution in [0.15, 0.2) is 21.7 Å². The van der Waals surface area contributed by atoms with Gasteiger partial charge in [-0.25, -0.2) is 13.1 Å². The van der Waals surface area contributed by atoms with Gasteiger partial charge in [-0.15, -0.1) is 11.3 Å². The Labute approximate surface area is 100 Å². The molecule has 2 N–H and O–H groups in total. The summed E-state index contributed by atoms with van der Waals surface area (Å²) in [7, 11) is -3.47. The molecule has 1 aromatic heterocycles. The Bertz CT molecular complexity index is 400. The molecule has 0 saturated carbocycles. The van der Waals surface area contributed by atoms with E-state index in [4.69, 9.17) is 5.11 Å². The van der Waals surface area contributed by atoms with Crippen LogP contribution in [0.2, 0.25) is 0 Å². The summed E-state index contributed by atoms with van der Waals surface area (Å²) in [6, 6.07) is 2.83. The van der Waals surface area contributed by atoms with Crippen molar-refractivity contribution in [3.8, 4) is 0 Å². The van der Waals surface area contributed by atoms with Crippen LogP contribution in [-0.4, -0.2) is 26.2 Å². The van der Waals surface area contributed by atoms with Crippen LogP contribution >= 0.6 is 11.3 Å². The number of hydrogen-bond donors (Lipinski definition) is 2. The zero-order valence-electron chi connectivity index (χ0n) is 9.38. The summed E-state index contributed by atoms with van der Waals surface area (Å²) in [5, 5.41) is 10.9. The first-order chi connectivity index (χ1) is 7.51. The minimum absolute atomic E-state index is 0.111. The Kier molecular flexibility index (Phi) is 4.91. The third-order valence-corrected chi connectivity index (χ3v) is 5.48. The highest BCUT2D eigenvalue weighted by molar-refractivity contribution is 7.91. The first-order valence-corrected chi connectivity index (χ1v) is 7.54. The average molecular weight is 263 g/mol. The highest BCUT2D eigenvalue weighted by Crippen LogP contribution is 2.17. The smallest absolute Gasteiger partial charge is 0.250 e. The molecule has 6 heteroatoms. The Morgan fingerprint density at radius 3 is 2.69 bits per heavy atom. The molecule has 2 unspecified atom stereocenters. The molecule has 1 heterocycles. The Morgan fingerprint density at radius 2 is 2.25 bits per heavy atom. The maximum absolute atomic E-state index is 11.9. The van der Waals surface area contributed by atoms with Crippen LogP contribution in [0.5, 0.6) is 0 Å². The van der Waals surface area contributed by atoms with E-state index in [1.54, 1.807) is 17.5 Å². The summed E-state index contributed by atoms with van der Waals surface area (Å²) in [5.41, 5.74) is 0. The molecular weight excluding hydrogens is 246 g/mol. The fourth-order valence-electron chi connectivity index (χ4n) is 1.29. The molecule has 0 bridgehead atoms. The number of aliphatic hydroxyl groups is 1. The molecule has 0 radical (unpaired) electrons. The van der Waals surface area contributed by atoms with Crippen LogP contribution in [-0.2, 0) is 10.0 Å². The maximum atomic E-state index is 11.9. The van der Waals surface area contributed by atoms with Gasteiger partial charge >= 0.3 is 0 Å². The predicted octanol–water partition coefficient (Wildman–Crippen LogP) is 1.43. The van der Waals surface area contributed by atoms with Gasteiger partial charge in [-0.05, 0) is 17.4 Å². The molecule has 0 fully saturated rings. The quantitative estimate of drug-likeness (QED) is 0.816. The summed E-state index contributed by atoms with van der Waals surface area (Å²) in [4.78, 5) is 0. The van der Waals surface area contributed by atoms with E-state index in [1.807, 2.05) is 13.8 Å². The van der Waals surface area contributed by atoms with Crippen molar-refractivity contribution in [1.82, 2.24) is 4.72 Å². The monoisotopic (exact) mass is 263 g/mol. The lowest BCUT2D eigenvalue weighted by Gasteiger charge is -2.21. The summed E-state index contributed by atoms with van der Waals surface area (Å²) in [5.74, 6) is 0.111. The van der Waals surface area contributed by atoms with E-state index in [1.165, 1.54) is 11.3 Å². The Hall–Kier alpha value is -0.430. The molecular formula is C10H17NO3S2. The van der Waals surface area contributed by atoms with Gasteiger partial charge in [0.05, 0.1) is 6.61 Å². The second-order valence-corrected chi connectivity index (χ2v) is 6.62. The number of thiophene rings is 1. The van der Waals surface area contributed by atoms with Crippen LogP contribution in [0.25, 0.3) is 0 Å². The van der Waals surface area contributed by atoms with Gasteiger partial charge in [0.1, 0.15) is 4.21 Å². The molecule has 2 atom stereocenters. The van der Waals surface area contributed by atoms with Crippen molar-refractivity contribution in [2.24, 2.45) is 5.92 Å². The lowest BCUT2D eigenvalue weighted by atomic mass is 10.0. The van der Waals surface area contributed by atoms with Gasteiger partial charge in [0, 0.05) is 6.04 Å². The van der Waals surface area contributed by atoms with E-state index < -0.39 is 16.1 Å². The molecule has 1 aromatic rings. The van der Waals surface area contributed by atoms with E-state index in [-0.39, 0.29) is 16.7 Å².